The summed E-state index contributed by atoms with van der Waals surface area (Å²) in [5.74, 6) is 1.59. The molecule has 0 saturated heterocycles. The molecule has 0 aliphatic rings. The average Bonchev–Trinajstić information content (AvgIpc) is 3.22. The van der Waals surface area contributed by atoms with Gasteiger partial charge in [0.15, 0.2) is 0 Å². The molecular formula is C53H88O6. The molecule has 0 radical (unpaired) electrons. The zero-order valence-electron chi connectivity index (χ0n) is 38.4. The summed E-state index contributed by atoms with van der Waals surface area (Å²) < 4.78 is 11.1. The van der Waals surface area contributed by atoms with E-state index in [1.807, 2.05) is 38.1 Å². The summed E-state index contributed by atoms with van der Waals surface area (Å²) in [6, 6.07) is 15.7. The minimum Gasteiger partial charge on any atom is -0.508 e. The maximum atomic E-state index is 12.3. The number of benzene rings is 2. The van der Waals surface area contributed by atoms with Gasteiger partial charge in [-0.25, -0.2) is 0 Å². The lowest BCUT2D eigenvalue weighted by Gasteiger charge is -2.23. The SMILES string of the molecule is CCCC(CCCCCCCCCCCCCC(=O)OCC(C)(C)COC(=O)CCCCCCCCCCCCCC(CCC)c1cccc(O)c1)c1cccc(O)c1. The van der Waals surface area contributed by atoms with Crippen molar-refractivity contribution < 1.29 is 29.3 Å². The van der Waals surface area contributed by atoms with Crippen LogP contribution in [0.4, 0.5) is 0 Å². The Balaban J connectivity index is 1.34. The predicted octanol–water partition coefficient (Wildman–Crippen LogP) is 15.8. The molecule has 2 rings (SSSR count). The van der Waals surface area contributed by atoms with Crippen LogP contribution in [0, 0.1) is 5.41 Å². The molecule has 2 unspecified atom stereocenters. The van der Waals surface area contributed by atoms with Crippen LogP contribution >= 0.6 is 0 Å². The maximum absolute atomic E-state index is 12.3. The Morgan fingerprint density at radius 1 is 0.475 bits per heavy atom. The van der Waals surface area contributed by atoms with E-state index in [2.05, 4.69) is 26.0 Å². The summed E-state index contributed by atoms with van der Waals surface area (Å²) in [6.45, 7) is 9.00. The molecule has 0 amide bonds. The van der Waals surface area contributed by atoms with Gasteiger partial charge in [0, 0.05) is 18.3 Å². The number of hydrogen-bond donors (Lipinski definition) is 2. The average molecular weight is 821 g/mol. The lowest BCUT2D eigenvalue weighted by atomic mass is 9.89. The van der Waals surface area contributed by atoms with Crippen molar-refractivity contribution in [1.82, 2.24) is 0 Å². The highest BCUT2D eigenvalue weighted by atomic mass is 16.5. The molecular weight excluding hydrogens is 733 g/mol. The monoisotopic (exact) mass is 821 g/mol. The van der Waals surface area contributed by atoms with Gasteiger partial charge in [-0.05, 0) is 85.8 Å². The summed E-state index contributed by atoms with van der Waals surface area (Å²) in [5, 5.41) is 19.7. The highest BCUT2D eigenvalue weighted by Crippen LogP contribution is 2.31. The number of ether oxygens (including phenoxy) is 2. The van der Waals surface area contributed by atoms with Gasteiger partial charge in [0.2, 0.25) is 0 Å². The molecule has 0 fully saturated rings. The molecule has 0 bridgehead atoms. The van der Waals surface area contributed by atoms with Gasteiger partial charge in [-0.3, -0.25) is 9.59 Å². The predicted molar refractivity (Wildman–Crippen MR) is 247 cm³/mol. The topological polar surface area (TPSA) is 93.1 Å². The molecule has 59 heavy (non-hydrogen) atoms. The number of hydrogen-bond acceptors (Lipinski definition) is 6. The van der Waals surface area contributed by atoms with E-state index in [1.54, 1.807) is 12.1 Å². The first kappa shape index (κ1) is 52.1. The van der Waals surface area contributed by atoms with E-state index in [1.165, 1.54) is 165 Å². The Kier molecular flexibility index (Phi) is 29.7. The van der Waals surface area contributed by atoms with Gasteiger partial charge in [0.1, 0.15) is 11.5 Å². The van der Waals surface area contributed by atoms with Crippen molar-refractivity contribution in [2.75, 3.05) is 13.2 Å². The lowest BCUT2D eigenvalue weighted by Crippen LogP contribution is -2.28. The third-order valence-corrected chi connectivity index (χ3v) is 12.1. The van der Waals surface area contributed by atoms with Gasteiger partial charge in [-0.15, -0.1) is 0 Å². The lowest BCUT2D eigenvalue weighted by molar-refractivity contribution is -0.152. The second-order valence-electron chi connectivity index (χ2n) is 18.5. The number of rotatable bonds is 38. The Hall–Kier alpha value is -3.02. The van der Waals surface area contributed by atoms with Crippen LogP contribution in [0.1, 0.15) is 243 Å². The van der Waals surface area contributed by atoms with E-state index < -0.39 is 0 Å². The van der Waals surface area contributed by atoms with Crippen molar-refractivity contribution in [2.24, 2.45) is 5.41 Å². The number of aromatic hydroxyl groups is 2. The molecule has 0 aliphatic carbocycles. The van der Waals surface area contributed by atoms with Gasteiger partial charge in [0.25, 0.3) is 0 Å². The highest BCUT2D eigenvalue weighted by Gasteiger charge is 2.23. The number of esters is 2. The molecule has 0 aromatic heterocycles. The molecule has 2 atom stereocenters. The Labute approximate surface area is 362 Å². The van der Waals surface area contributed by atoms with Crippen LogP contribution in [0.2, 0.25) is 0 Å². The molecule has 336 valence electrons. The fraction of sp³-hybridized carbons (Fsp3) is 0.736. The zero-order chi connectivity index (χ0) is 42.8. The summed E-state index contributed by atoms with van der Waals surface area (Å²) in [5.41, 5.74) is 2.18. The maximum Gasteiger partial charge on any atom is 0.305 e. The van der Waals surface area contributed by atoms with E-state index in [0.717, 1.165) is 25.7 Å². The Morgan fingerprint density at radius 2 is 0.780 bits per heavy atom. The van der Waals surface area contributed by atoms with Gasteiger partial charge in [-0.1, -0.05) is 193 Å². The quantitative estimate of drug-likeness (QED) is 0.0518. The number of unbranched alkanes of at least 4 members (excludes halogenated alkanes) is 20. The first-order chi connectivity index (χ1) is 28.6. The third kappa shape index (κ3) is 27.4. The number of carbonyl (C=O) groups excluding carboxylic acids is 2. The zero-order valence-corrected chi connectivity index (χ0v) is 38.4. The van der Waals surface area contributed by atoms with Crippen LogP contribution in [-0.4, -0.2) is 35.4 Å². The van der Waals surface area contributed by atoms with E-state index >= 15 is 0 Å². The van der Waals surface area contributed by atoms with Crippen molar-refractivity contribution >= 4 is 11.9 Å². The number of carbonyl (C=O) groups is 2. The smallest absolute Gasteiger partial charge is 0.305 e. The van der Waals surface area contributed by atoms with E-state index in [0.29, 0.717) is 36.2 Å². The molecule has 2 aromatic rings. The fourth-order valence-electron chi connectivity index (χ4n) is 8.45. The van der Waals surface area contributed by atoms with Gasteiger partial charge >= 0.3 is 11.9 Å². The number of phenols is 2. The van der Waals surface area contributed by atoms with E-state index in [4.69, 9.17) is 9.47 Å². The van der Waals surface area contributed by atoms with Crippen molar-refractivity contribution in [3.8, 4) is 11.5 Å². The van der Waals surface area contributed by atoms with Crippen molar-refractivity contribution in [1.29, 1.82) is 0 Å². The molecule has 0 spiro atoms. The molecule has 0 aliphatic heterocycles. The van der Waals surface area contributed by atoms with Gasteiger partial charge in [0.05, 0.1) is 13.2 Å². The standard InChI is InChI=1S/C53H88O6/c1-5-31-45(47-35-29-37-49(54)41-47)33-25-21-17-13-9-7-11-15-19-23-27-39-51(56)58-43-53(3,4)44-59-52(57)40-28-24-20-16-12-8-10-14-18-22-26-34-46(32-6-2)48-36-30-38-50(55)42-48/h29-30,35-38,41-42,45-46,54-55H,5-28,31-34,39-40,43-44H2,1-4H3. The van der Waals surface area contributed by atoms with Crippen LogP contribution < -0.4 is 0 Å². The molecule has 0 saturated carbocycles. The second-order valence-corrected chi connectivity index (χ2v) is 18.5. The highest BCUT2D eigenvalue weighted by molar-refractivity contribution is 5.69. The third-order valence-electron chi connectivity index (χ3n) is 12.1. The van der Waals surface area contributed by atoms with Crippen molar-refractivity contribution in [2.45, 2.75) is 232 Å². The largest absolute Gasteiger partial charge is 0.508 e. The molecule has 2 N–H and O–H groups in total. The summed E-state index contributed by atoms with van der Waals surface area (Å²) in [6.07, 6.45) is 35.0. The first-order valence-electron chi connectivity index (χ1n) is 24.5. The normalized spacial score (nSPS) is 12.7. The van der Waals surface area contributed by atoms with Crippen LogP contribution in [0.15, 0.2) is 48.5 Å². The van der Waals surface area contributed by atoms with Gasteiger partial charge < -0.3 is 19.7 Å². The Bertz CT molecular complexity index is 1240. The van der Waals surface area contributed by atoms with Crippen LogP contribution in [-0.2, 0) is 19.1 Å². The fourth-order valence-corrected chi connectivity index (χ4v) is 8.45. The second kappa shape index (κ2) is 33.7. The summed E-state index contributed by atoms with van der Waals surface area (Å²) >= 11 is 0. The Morgan fingerprint density at radius 3 is 1.08 bits per heavy atom. The van der Waals surface area contributed by atoms with Crippen molar-refractivity contribution in [3.63, 3.8) is 0 Å². The molecule has 0 heterocycles. The van der Waals surface area contributed by atoms with E-state index in [-0.39, 0.29) is 30.6 Å². The van der Waals surface area contributed by atoms with Crippen LogP contribution in [0.3, 0.4) is 0 Å². The number of phenolic OH excluding ortho intramolecular Hbond substituents is 2. The van der Waals surface area contributed by atoms with E-state index in [9.17, 15) is 19.8 Å². The molecule has 6 nitrogen and oxygen atoms in total. The minimum atomic E-state index is -0.389. The first-order valence-corrected chi connectivity index (χ1v) is 24.5. The summed E-state index contributed by atoms with van der Waals surface area (Å²) in [4.78, 5) is 24.7. The van der Waals surface area contributed by atoms with Crippen molar-refractivity contribution in [3.05, 3.63) is 59.7 Å². The summed E-state index contributed by atoms with van der Waals surface area (Å²) in [7, 11) is 0. The minimum absolute atomic E-state index is 0.148. The van der Waals surface area contributed by atoms with Crippen LogP contribution in [0.25, 0.3) is 0 Å². The molecule has 6 heteroatoms. The molecule has 2 aromatic carbocycles. The van der Waals surface area contributed by atoms with Crippen LogP contribution in [0.5, 0.6) is 11.5 Å². The van der Waals surface area contributed by atoms with Gasteiger partial charge in [-0.2, -0.15) is 0 Å².